The smallest absolute Gasteiger partial charge is 0.276 e. The third kappa shape index (κ3) is 2.69. The molecule has 0 saturated heterocycles. The van der Waals surface area contributed by atoms with E-state index in [-0.39, 0.29) is 0 Å². The van der Waals surface area contributed by atoms with Gasteiger partial charge in [-0.1, -0.05) is 24.6 Å². The SMILES string of the molecule is Cc1nnc(SCC2(CS)CCCC2)o1. The fraction of sp³-hybridized carbons (Fsp3) is 0.800. The molecule has 15 heavy (non-hydrogen) atoms. The van der Waals surface area contributed by atoms with Crippen LogP contribution in [0, 0.1) is 12.3 Å². The standard InChI is InChI=1S/C10H16N2OS2/c1-8-11-12-9(13-8)15-7-10(6-14)4-2-3-5-10/h14H,2-7H2,1H3. The van der Waals surface area contributed by atoms with Crippen molar-refractivity contribution in [1.82, 2.24) is 10.2 Å². The van der Waals surface area contributed by atoms with Gasteiger partial charge in [0.25, 0.3) is 5.22 Å². The van der Waals surface area contributed by atoms with Crippen LogP contribution in [0.3, 0.4) is 0 Å². The molecule has 0 unspecified atom stereocenters. The van der Waals surface area contributed by atoms with Crippen molar-refractivity contribution >= 4 is 24.4 Å². The number of hydrogen-bond donors (Lipinski definition) is 1. The molecule has 0 bridgehead atoms. The van der Waals surface area contributed by atoms with Gasteiger partial charge in [0.1, 0.15) is 0 Å². The van der Waals surface area contributed by atoms with Gasteiger partial charge >= 0.3 is 0 Å². The topological polar surface area (TPSA) is 38.9 Å². The molecule has 1 fully saturated rings. The van der Waals surface area contributed by atoms with E-state index in [1.807, 2.05) is 6.92 Å². The Hall–Kier alpha value is -0.160. The normalized spacial score (nSPS) is 19.6. The molecule has 1 aliphatic carbocycles. The Balaban J connectivity index is 1.91. The van der Waals surface area contributed by atoms with E-state index in [1.165, 1.54) is 25.7 Å². The Bertz CT molecular complexity index is 321. The number of aromatic nitrogens is 2. The van der Waals surface area contributed by atoms with Gasteiger partial charge in [-0.15, -0.1) is 10.2 Å². The lowest BCUT2D eigenvalue weighted by Gasteiger charge is -2.25. The van der Waals surface area contributed by atoms with E-state index in [4.69, 9.17) is 4.42 Å². The van der Waals surface area contributed by atoms with Crippen molar-refractivity contribution in [2.45, 2.75) is 37.8 Å². The van der Waals surface area contributed by atoms with Crippen molar-refractivity contribution in [1.29, 1.82) is 0 Å². The highest BCUT2D eigenvalue weighted by atomic mass is 32.2. The highest BCUT2D eigenvalue weighted by molar-refractivity contribution is 7.99. The first-order chi connectivity index (χ1) is 7.24. The summed E-state index contributed by atoms with van der Waals surface area (Å²) in [5.74, 6) is 2.66. The van der Waals surface area contributed by atoms with Gasteiger partial charge in [0.2, 0.25) is 5.89 Å². The lowest BCUT2D eigenvalue weighted by atomic mass is 9.91. The van der Waals surface area contributed by atoms with Crippen LogP contribution in [0.4, 0.5) is 0 Å². The summed E-state index contributed by atoms with van der Waals surface area (Å²) in [5, 5.41) is 8.51. The highest BCUT2D eigenvalue weighted by Gasteiger charge is 2.32. The zero-order chi connectivity index (χ0) is 10.7. The van der Waals surface area contributed by atoms with Gasteiger partial charge in [-0.25, -0.2) is 0 Å². The molecular weight excluding hydrogens is 228 g/mol. The number of thiol groups is 1. The second kappa shape index (κ2) is 4.78. The van der Waals surface area contributed by atoms with E-state index in [0.717, 1.165) is 11.5 Å². The summed E-state index contributed by atoms with van der Waals surface area (Å²) in [5.41, 5.74) is 0.399. The van der Waals surface area contributed by atoms with Crippen LogP contribution >= 0.6 is 24.4 Å². The quantitative estimate of drug-likeness (QED) is 0.653. The van der Waals surface area contributed by atoms with Crippen LogP contribution in [-0.2, 0) is 0 Å². The minimum absolute atomic E-state index is 0.399. The Morgan fingerprint density at radius 1 is 1.40 bits per heavy atom. The van der Waals surface area contributed by atoms with Crippen molar-refractivity contribution in [3.05, 3.63) is 5.89 Å². The summed E-state index contributed by atoms with van der Waals surface area (Å²) in [6.07, 6.45) is 5.25. The molecule has 2 rings (SSSR count). The molecule has 1 aromatic heterocycles. The van der Waals surface area contributed by atoms with Gasteiger partial charge in [-0.05, 0) is 24.0 Å². The lowest BCUT2D eigenvalue weighted by molar-refractivity contribution is 0.395. The summed E-state index contributed by atoms with van der Waals surface area (Å²) < 4.78 is 5.35. The van der Waals surface area contributed by atoms with Crippen LogP contribution in [0.5, 0.6) is 0 Å². The van der Waals surface area contributed by atoms with Crippen molar-refractivity contribution in [2.75, 3.05) is 11.5 Å². The van der Waals surface area contributed by atoms with Gasteiger partial charge in [-0.3, -0.25) is 0 Å². The van der Waals surface area contributed by atoms with Crippen LogP contribution in [0.15, 0.2) is 9.64 Å². The van der Waals surface area contributed by atoms with Crippen LogP contribution < -0.4 is 0 Å². The van der Waals surface area contributed by atoms with E-state index >= 15 is 0 Å². The molecule has 0 N–H and O–H groups in total. The Morgan fingerprint density at radius 2 is 2.13 bits per heavy atom. The zero-order valence-corrected chi connectivity index (χ0v) is 10.6. The van der Waals surface area contributed by atoms with Crippen molar-refractivity contribution < 1.29 is 4.42 Å². The second-order valence-electron chi connectivity index (χ2n) is 4.24. The van der Waals surface area contributed by atoms with E-state index in [2.05, 4.69) is 22.8 Å². The number of thioether (sulfide) groups is 1. The molecule has 0 atom stereocenters. The minimum atomic E-state index is 0.399. The third-order valence-electron chi connectivity index (χ3n) is 3.01. The zero-order valence-electron chi connectivity index (χ0n) is 8.90. The molecule has 84 valence electrons. The average molecular weight is 244 g/mol. The lowest BCUT2D eigenvalue weighted by Crippen LogP contribution is -2.21. The van der Waals surface area contributed by atoms with E-state index in [9.17, 15) is 0 Å². The predicted octanol–water partition coefficient (Wildman–Crippen LogP) is 2.96. The molecule has 0 radical (unpaired) electrons. The molecule has 1 saturated carbocycles. The summed E-state index contributed by atoms with van der Waals surface area (Å²) in [6, 6.07) is 0. The summed E-state index contributed by atoms with van der Waals surface area (Å²) in [4.78, 5) is 0. The first-order valence-corrected chi connectivity index (χ1v) is 6.90. The summed E-state index contributed by atoms with van der Waals surface area (Å²) in [6.45, 7) is 1.82. The number of aryl methyl sites for hydroxylation is 1. The molecule has 0 amide bonds. The first kappa shape index (κ1) is 11.3. The van der Waals surface area contributed by atoms with Gasteiger partial charge in [0.15, 0.2) is 0 Å². The maximum atomic E-state index is 5.35. The molecule has 1 aliphatic rings. The largest absolute Gasteiger partial charge is 0.416 e. The van der Waals surface area contributed by atoms with Gasteiger partial charge < -0.3 is 4.42 Å². The minimum Gasteiger partial charge on any atom is -0.416 e. The van der Waals surface area contributed by atoms with E-state index in [0.29, 0.717) is 16.5 Å². The molecule has 0 aliphatic heterocycles. The molecule has 1 heterocycles. The maximum Gasteiger partial charge on any atom is 0.276 e. The predicted molar refractivity (Wildman–Crippen MR) is 64.5 cm³/mol. The number of rotatable bonds is 4. The van der Waals surface area contributed by atoms with Crippen LogP contribution in [0.25, 0.3) is 0 Å². The molecule has 1 aromatic rings. The maximum absolute atomic E-state index is 5.35. The molecule has 3 nitrogen and oxygen atoms in total. The van der Waals surface area contributed by atoms with E-state index in [1.54, 1.807) is 11.8 Å². The van der Waals surface area contributed by atoms with Crippen molar-refractivity contribution in [3.8, 4) is 0 Å². The number of nitrogens with zero attached hydrogens (tertiary/aromatic N) is 2. The van der Waals surface area contributed by atoms with Crippen LogP contribution in [-0.4, -0.2) is 21.7 Å². The van der Waals surface area contributed by atoms with Gasteiger partial charge in [0.05, 0.1) is 0 Å². The number of hydrogen-bond acceptors (Lipinski definition) is 5. The Morgan fingerprint density at radius 3 is 2.67 bits per heavy atom. The fourth-order valence-electron chi connectivity index (χ4n) is 2.02. The van der Waals surface area contributed by atoms with Gasteiger partial charge in [-0.2, -0.15) is 12.6 Å². The molecule has 5 heteroatoms. The third-order valence-corrected chi connectivity index (χ3v) is 4.85. The Labute approximate surface area is 99.8 Å². The van der Waals surface area contributed by atoms with Crippen molar-refractivity contribution in [3.63, 3.8) is 0 Å². The van der Waals surface area contributed by atoms with Crippen LogP contribution in [0.2, 0.25) is 0 Å². The summed E-state index contributed by atoms with van der Waals surface area (Å²) >= 11 is 6.15. The van der Waals surface area contributed by atoms with E-state index < -0.39 is 0 Å². The summed E-state index contributed by atoms with van der Waals surface area (Å²) in [7, 11) is 0. The highest BCUT2D eigenvalue weighted by Crippen LogP contribution is 2.42. The fourth-order valence-corrected chi connectivity index (χ4v) is 3.70. The monoisotopic (exact) mass is 244 g/mol. The molecule has 0 spiro atoms. The molecule has 0 aromatic carbocycles. The first-order valence-electron chi connectivity index (χ1n) is 5.28. The molecular formula is C10H16N2OS2. The van der Waals surface area contributed by atoms with Crippen LogP contribution in [0.1, 0.15) is 31.6 Å². The average Bonchev–Trinajstić information content (AvgIpc) is 2.85. The Kier molecular flexibility index (Phi) is 3.61. The van der Waals surface area contributed by atoms with Crippen molar-refractivity contribution in [2.24, 2.45) is 5.41 Å². The van der Waals surface area contributed by atoms with Gasteiger partial charge in [0, 0.05) is 12.7 Å². The second-order valence-corrected chi connectivity index (χ2v) is 5.48.